The van der Waals surface area contributed by atoms with Crippen LogP contribution in [0, 0.1) is 13.8 Å². The first-order valence-electron chi connectivity index (χ1n) is 7.04. The largest absolute Gasteiger partial charge is 0.394 e. The molecule has 118 valence electrons. The van der Waals surface area contributed by atoms with Crippen LogP contribution < -0.4 is 0 Å². The van der Waals surface area contributed by atoms with Crippen LogP contribution in [0.15, 0.2) is 4.52 Å². The van der Waals surface area contributed by atoms with Crippen LogP contribution in [0.1, 0.15) is 23.9 Å². The molecular weight excluding hydrogens is 292 g/mol. The Morgan fingerprint density at radius 3 is 2.90 bits per heavy atom. The quantitative estimate of drug-likeness (QED) is 0.878. The molecule has 2 atom stereocenters. The lowest BCUT2D eigenvalue weighted by Gasteiger charge is -2.37. The number of nitrogens with zero attached hydrogens (tertiary/aromatic N) is 2. The Kier molecular flexibility index (Phi) is 5.66. The van der Waals surface area contributed by atoms with Crippen molar-refractivity contribution in [1.82, 2.24) is 10.1 Å². The first-order chi connectivity index (χ1) is 10.0. The molecule has 21 heavy (non-hydrogen) atoms. The zero-order valence-corrected chi connectivity index (χ0v) is 13.5. The summed E-state index contributed by atoms with van der Waals surface area (Å²) in [5, 5.41) is 13.1. The van der Waals surface area contributed by atoms with Gasteiger partial charge < -0.3 is 19.3 Å². The molecule has 1 aromatic rings. The van der Waals surface area contributed by atoms with Crippen molar-refractivity contribution in [2.75, 3.05) is 25.5 Å². The van der Waals surface area contributed by atoms with Crippen molar-refractivity contribution in [3.05, 3.63) is 17.0 Å². The summed E-state index contributed by atoms with van der Waals surface area (Å²) in [5.74, 6) is 2.02. The van der Waals surface area contributed by atoms with E-state index in [2.05, 4.69) is 5.16 Å². The van der Waals surface area contributed by atoms with Gasteiger partial charge in [0, 0.05) is 17.9 Å². The molecule has 0 aromatic carbocycles. The monoisotopic (exact) mass is 314 g/mol. The van der Waals surface area contributed by atoms with Crippen LogP contribution in [-0.4, -0.2) is 58.7 Å². The molecule has 0 spiro atoms. The van der Waals surface area contributed by atoms with E-state index in [-0.39, 0.29) is 24.7 Å². The molecule has 0 radical (unpaired) electrons. The average Bonchev–Trinajstić information content (AvgIpc) is 2.79. The smallest absolute Gasteiger partial charge is 0.232 e. The number of hydrogen-bond donors (Lipinski definition) is 1. The molecule has 1 aliphatic rings. The van der Waals surface area contributed by atoms with E-state index in [1.54, 1.807) is 16.7 Å². The Hall–Kier alpha value is -1.05. The first kappa shape index (κ1) is 16.3. The Morgan fingerprint density at radius 1 is 1.52 bits per heavy atom. The standard InChI is InChI=1S/C14H22N2O4S/c1-9-6-19-12(5-17)4-16(9)14(18)8-21-7-13-10(2)15-20-11(13)3/h9,12,17H,4-8H2,1-3H3. The maximum Gasteiger partial charge on any atom is 0.232 e. The highest BCUT2D eigenvalue weighted by molar-refractivity contribution is 7.99. The molecule has 2 rings (SSSR count). The molecule has 1 aromatic heterocycles. The number of aromatic nitrogens is 1. The summed E-state index contributed by atoms with van der Waals surface area (Å²) in [6.45, 7) is 6.64. The molecule has 0 aliphatic carbocycles. The van der Waals surface area contributed by atoms with Gasteiger partial charge in [-0.1, -0.05) is 5.16 Å². The zero-order valence-electron chi connectivity index (χ0n) is 12.7. The second-order valence-corrected chi connectivity index (χ2v) is 6.31. The van der Waals surface area contributed by atoms with Gasteiger partial charge in [-0.25, -0.2) is 0 Å². The third-order valence-corrected chi connectivity index (χ3v) is 4.63. The second-order valence-electron chi connectivity index (χ2n) is 5.33. The number of morpholine rings is 1. The fourth-order valence-corrected chi connectivity index (χ4v) is 3.37. The number of aliphatic hydroxyl groups excluding tert-OH is 1. The van der Waals surface area contributed by atoms with Gasteiger partial charge in [-0.15, -0.1) is 11.8 Å². The van der Waals surface area contributed by atoms with E-state index in [1.165, 1.54) is 0 Å². The predicted octanol–water partition coefficient (Wildman–Crippen LogP) is 1.13. The summed E-state index contributed by atoms with van der Waals surface area (Å²) in [6, 6.07) is 0.0555. The van der Waals surface area contributed by atoms with E-state index in [0.29, 0.717) is 18.9 Å². The van der Waals surface area contributed by atoms with Crippen LogP contribution in [0.4, 0.5) is 0 Å². The molecule has 1 fully saturated rings. The molecule has 1 N–H and O–H groups in total. The Morgan fingerprint density at radius 2 is 2.29 bits per heavy atom. The van der Waals surface area contributed by atoms with Crippen molar-refractivity contribution in [2.24, 2.45) is 0 Å². The molecule has 1 aliphatic heterocycles. The van der Waals surface area contributed by atoms with Gasteiger partial charge in [0.1, 0.15) is 5.76 Å². The van der Waals surface area contributed by atoms with Gasteiger partial charge in [-0.05, 0) is 20.8 Å². The molecule has 7 heteroatoms. The molecule has 0 bridgehead atoms. The minimum absolute atomic E-state index is 0.0529. The van der Waals surface area contributed by atoms with Crippen LogP contribution in [0.5, 0.6) is 0 Å². The lowest BCUT2D eigenvalue weighted by Crippen LogP contribution is -2.52. The zero-order chi connectivity index (χ0) is 15.4. The molecule has 1 amide bonds. The van der Waals surface area contributed by atoms with Crippen molar-refractivity contribution < 1.29 is 19.2 Å². The molecular formula is C14H22N2O4S. The van der Waals surface area contributed by atoms with Gasteiger partial charge in [-0.2, -0.15) is 0 Å². The highest BCUT2D eigenvalue weighted by atomic mass is 32.2. The van der Waals surface area contributed by atoms with E-state index in [9.17, 15) is 4.79 Å². The highest BCUT2D eigenvalue weighted by Crippen LogP contribution is 2.20. The number of hydrogen-bond acceptors (Lipinski definition) is 6. The number of thioether (sulfide) groups is 1. The first-order valence-corrected chi connectivity index (χ1v) is 8.19. The maximum absolute atomic E-state index is 12.3. The van der Waals surface area contributed by atoms with Crippen molar-refractivity contribution in [3.63, 3.8) is 0 Å². The van der Waals surface area contributed by atoms with E-state index in [4.69, 9.17) is 14.4 Å². The van der Waals surface area contributed by atoms with Crippen LogP contribution >= 0.6 is 11.8 Å². The summed E-state index contributed by atoms with van der Waals surface area (Å²) >= 11 is 1.56. The SMILES string of the molecule is Cc1noc(C)c1CSCC(=O)N1CC(CO)OCC1C. The normalized spacial score (nSPS) is 22.6. The van der Waals surface area contributed by atoms with Gasteiger partial charge in [0.2, 0.25) is 5.91 Å². The van der Waals surface area contributed by atoms with Crippen molar-refractivity contribution in [1.29, 1.82) is 0 Å². The number of carbonyl (C=O) groups excluding carboxylic acids is 1. The van der Waals surface area contributed by atoms with Crippen molar-refractivity contribution >= 4 is 17.7 Å². The summed E-state index contributed by atoms with van der Waals surface area (Å²) < 4.78 is 10.6. The Bertz CT molecular complexity index is 472. The van der Waals surface area contributed by atoms with Gasteiger partial charge in [0.15, 0.2) is 0 Å². The average molecular weight is 314 g/mol. The summed E-state index contributed by atoms with van der Waals surface area (Å²) in [4.78, 5) is 14.1. The number of rotatable bonds is 5. The summed E-state index contributed by atoms with van der Waals surface area (Å²) in [7, 11) is 0. The van der Waals surface area contributed by atoms with Crippen LogP contribution in [-0.2, 0) is 15.3 Å². The molecule has 6 nitrogen and oxygen atoms in total. The Balaban J connectivity index is 1.84. The number of ether oxygens (including phenoxy) is 1. The highest BCUT2D eigenvalue weighted by Gasteiger charge is 2.29. The lowest BCUT2D eigenvalue weighted by atomic mass is 10.2. The van der Waals surface area contributed by atoms with E-state index in [1.807, 2.05) is 20.8 Å². The fraction of sp³-hybridized carbons (Fsp3) is 0.714. The number of aryl methyl sites for hydroxylation is 2. The topological polar surface area (TPSA) is 75.8 Å². The van der Waals surface area contributed by atoms with Gasteiger partial charge in [-0.3, -0.25) is 4.79 Å². The third kappa shape index (κ3) is 3.99. The number of amides is 1. The van der Waals surface area contributed by atoms with Crippen molar-refractivity contribution in [3.8, 4) is 0 Å². The van der Waals surface area contributed by atoms with Crippen LogP contribution in [0.25, 0.3) is 0 Å². The number of aliphatic hydroxyl groups is 1. The minimum Gasteiger partial charge on any atom is -0.394 e. The second kappa shape index (κ2) is 7.29. The molecule has 2 heterocycles. The fourth-order valence-electron chi connectivity index (χ4n) is 2.31. The van der Waals surface area contributed by atoms with E-state index >= 15 is 0 Å². The minimum atomic E-state index is -0.266. The predicted molar refractivity (Wildman–Crippen MR) is 80.1 cm³/mol. The Labute approximate surface area is 128 Å². The van der Waals surface area contributed by atoms with Crippen LogP contribution in [0.3, 0.4) is 0 Å². The molecule has 2 unspecified atom stereocenters. The maximum atomic E-state index is 12.3. The van der Waals surface area contributed by atoms with Gasteiger partial charge >= 0.3 is 0 Å². The van der Waals surface area contributed by atoms with Gasteiger partial charge in [0.25, 0.3) is 0 Å². The van der Waals surface area contributed by atoms with Gasteiger partial charge in [0.05, 0.1) is 36.8 Å². The number of carbonyl (C=O) groups is 1. The third-order valence-electron chi connectivity index (χ3n) is 3.68. The summed E-state index contributed by atoms with van der Waals surface area (Å²) in [6.07, 6.45) is -0.266. The van der Waals surface area contributed by atoms with Crippen molar-refractivity contribution in [2.45, 2.75) is 38.7 Å². The van der Waals surface area contributed by atoms with E-state index in [0.717, 1.165) is 22.8 Å². The summed E-state index contributed by atoms with van der Waals surface area (Å²) in [5.41, 5.74) is 1.95. The molecule has 1 saturated heterocycles. The van der Waals surface area contributed by atoms with E-state index < -0.39 is 0 Å². The molecule has 0 saturated carbocycles. The van der Waals surface area contributed by atoms with Crippen LogP contribution in [0.2, 0.25) is 0 Å². The lowest BCUT2D eigenvalue weighted by molar-refractivity contribution is -0.143.